The minimum absolute atomic E-state index is 0.0619. The first-order valence-corrected chi connectivity index (χ1v) is 14.0. The van der Waals surface area contributed by atoms with Gasteiger partial charge in [0.2, 0.25) is 11.7 Å². The normalized spacial score (nSPS) is 23.6. The molecule has 5 N–H and O–H groups in total. The Morgan fingerprint density at radius 1 is 0.860 bits per heavy atom. The summed E-state index contributed by atoms with van der Waals surface area (Å²) in [6, 6.07) is 29.3. The lowest BCUT2D eigenvalue weighted by Gasteiger charge is -2.39. The Morgan fingerprint density at radius 3 is 2.07 bits per heavy atom. The number of aliphatic hydroxyl groups is 1. The molecule has 1 fully saturated rings. The van der Waals surface area contributed by atoms with E-state index in [9.17, 15) is 5.11 Å². The first-order valence-electron chi connectivity index (χ1n) is 14.0. The van der Waals surface area contributed by atoms with Crippen LogP contribution in [0.5, 0.6) is 0 Å². The Kier molecular flexibility index (Phi) is 8.06. The van der Waals surface area contributed by atoms with Crippen molar-refractivity contribution in [3.05, 3.63) is 120 Å². The molecule has 6 rings (SSSR count). The van der Waals surface area contributed by atoms with Gasteiger partial charge in [0.05, 0.1) is 32.6 Å². The minimum Gasteiger partial charge on any atom is -0.380 e. The molecule has 4 atom stereocenters. The summed E-state index contributed by atoms with van der Waals surface area (Å²) >= 11 is 0. The molecule has 0 radical (unpaired) electrons. The zero-order valence-corrected chi connectivity index (χ0v) is 23.7. The summed E-state index contributed by atoms with van der Waals surface area (Å²) in [5.41, 5.74) is 13.8. The van der Waals surface area contributed by atoms with E-state index >= 15 is 0 Å². The molecule has 1 aliphatic rings. The first kappa shape index (κ1) is 28.7. The number of imidazole rings is 1. The largest absolute Gasteiger partial charge is 0.380 e. The van der Waals surface area contributed by atoms with Crippen molar-refractivity contribution in [2.45, 2.75) is 50.3 Å². The summed E-state index contributed by atoms with van der Waals surface area (Å²) in [4.78, 5) is 8.37. The molecule has 43 heavy (non-hydrogen) atoms. The summed E-state index contributed by atoms with van der Waals surface area (Å²) in [7, 11) is 0. The van der Waals surface area contributed by atoms with E-state index in [1.165, 1.54) is 10.7 Å². The van der Waals surface area contributed by atoms with E-state index in [2.05, 4.69) is 15.1 Å². The Balaban J connectivity index is 1.39. The fraction of sp³-hybridized carbons (Fsp3) is 0.281. The Labute approximate surface area is 249 Å². The molecule has 0 bridgehead atoms. The highest BCUT2D eigenvalue weighted by Crippen LogP contribution is 2.49. The van der Waals surface area contributed by atoms with Crippen molar-refractivity contribution in [1.29, 1.82) is 0 Å². The fourth-order valence-corrected chi connectivity index (χ4v) is 5.41. The van der Waals surface area contributed by atoms with Crippen molar-refractivity contribution in [2.24, 2.45) is 0 Å². The highest BCUT2D eigenvalue weighted by Gasteiger charge is 2.67. The summed E-state index contributed by atoms with van der Waals surface area (Å²) < 4.78 is 27.1. The second kappa shape index (κ2) is 12.1. The van der Waals surface area contributed by atoms with E-state index in [-0.39, 0.29) is 42.9 Å². The van der Waals surface area contributed by atoms with Crippen LogP contribution in [0.3, 0.4) is 0 Å². The standard InChI is InChI=1S/C32H34N6O5/c1-31(42-20-24-15-9-4-10-16-24)27(41-19-23-13-7-3-8-14-23)25(21-40-18-22-11-5-2-6-12-22)43-32(31,39)26-17-35-29-28(33)36-30(34)37-38(26)29/h2-17,25,27,39H,18-21H2,1H3,(H4,33,34,36,37)/t25-,27-,31-,32?/m1/s1. The van der Waals surface area contributed by atoms with Crippen LogP contribution in [0.1, 0.15) is 29.3 Å². The molecule has 0 spiro atoms. The van der Waals surface area contributed by atoms with Crippen molar-refractivity contribution in [3.8, 4) is 0 Å². The van der Waals surface area contributed by atoms with Crippen molar-refractivity contribution in [1.82, 2.24) is 19.6 Å². The average Bonchev–Trinajstić information content (AvgIpc) is 3.54. The summed E-state index contributed by atoms with van der Waals surface area (Å²) in [5, 5.41) is 16.9. The number of anilines is 2. The molecule has 3 heterocycles. The summed E-state index contributed by atoms with van der Waals surface area (Å²) in [5.74, 6) is -2.14. The first-order chi connectivity index (χ1) is 20.9. The van der Waals surface area contributed by atoms with Crippen LogP contribution in [0, 0.1) is 0 Å². The van der Waals surface area contributed by atoms with Gasteiger partial charge >= 0.3 is 0 Å². The molecule has 0 saturated carbocycles. The summed E-state index contributed by atoms with van der Waals surface area (Å²) in [6.45, 7) is 2.64. The van der Waals surface area contributed by atoms with E-state index in [0.717, 1.165) is 16.7 Å². The Hall–Kier alpha value is -4.39. The maximum atomic E-state index is 12.6. The van der Waals surface area contributed by atoms with E-state index in [1.54, 1.807) is 6.92 Å². The highest BCUT2D eigenvalue weighted by molar-refractivity contribution is 5.61. The molecular formula is C32H34N6O5. The average molecular weight is 583 g/mol. The molecule has 11 heteroatoms. The Morgan fingerprint density at radius 2 is 1.44 bits per heavy atom. The molecule has 1 saturated heterocycles. The van der Waals surface area contributed by atoms with Gasteiger partial charge in [0, 0.05) is 0 Å². The van der Waals surface area contributed by atoms with Crippen LogP contribution in [0.4, 0.5) is 11.8 Å². The number of ether oxygens (including phenoxy) is 4. The second-order valence-electron chi connectivity index (χ2n) is 10.6. The molecule has 1 aliphatic heterocycles. The lowest BCUT2D eigenvalue weighted by Crippen LogP contribution is -2.55. The van der Waals surface area contributed by atoms with Crippen molar-refractivity contribution >= 4 is 17.4 Å². The lowest BCUT2D eigenvalue weighted by molar-refractivity contribution is -0.294. The van der Waals surface area contributed by atoms with Crippen LogP contribution < -0.4 is 11.5 Å². The zero-order chi connectivity index (χ0) is 29.9. The van der Waals surface area contributed by atoms with Crippen LogP contribution in [0.2, 0.25) is 0 Å². The molecule has 0 aliphatic carbocycles. The molecule has 222 valence electrons. The number of hydrogen-bond donors (Lipinski definition) is 3. The quantitative estimate of drug-likeness (QED) is 0.211. The minimum atomic E-state index is -2.11. The molecule has 0 amide bonds. The second-order valence-corrected chi connectivity index (χ2v) is 10.6. The molecule has 2 aromatic heterocycles. The van der Waals surface area contributed by atoms with Gasteiger partial charge in [-0.15, -0.1) is 5.10 Å². The topological polar surface area (TPSA) is 152 Å². The van der Waals surface area contributed by atoms with Crippen molar-refractivity contribution < 1.29 is 24.1 Å². The highest BCUT2D eigenvalue weighted by atomic mass is 16.7. The van der Waals surface area contributed by atoms with Gasteiger partial charge in [0.15, 0.2) is 17.1 Å². The molecule has 11 nitrogen and oxygen atoms in total. The predicted molar refractivity (Wildman–Crippen MR) is 159 cm³/mol. The van der Waals surface area contributed by atoms with Crippen molar-refractivity contribution in [3.63, 3.8) is 0 Å². The number of nitrogens with two attached hydrogens (primary N) is 2. The number of benzene rings is 3. The van der Waals surface area contributed by atoms with Gasteiger partial charge in [0.25, 0.3) is 0 Å². The van der Waals surface area contributed by atoms with Gasteiger partial charge in [-0.1, -0.05) is 91.0 Å². The third-order valence-corrected chi connectivity index (χ3v) is 7.67. The molecule has 5 aromatic rings. The maximum absolute atomic E-state index is 12.6. The molecule has 3 aromatic carbocycles. The SMILES string of the molecule is C[C@@]1(OCc2ccccc2)[C@H](OCc2ccccc2)[C@@H](COCc2ccccc2)OC1(O)c1cnc2c(N)nc(N)nn12. The zero-order valence-electron chi connectivity index (χ0n) is 23.7. The van der Waals surface area contributed by atoms with E-state index in [0.29, 0.717) is 6.61 Å². The maximum Gasteiger partial charge on any atom is 0.244 e. The van der Waals surface area contributed by atoms with Crippen LogP contribution in [0.25, 0.3) is 5.65 Å². The Bertz CT molecular complexity index is 1660. The summed E-state index contributed by atoms with van der Waals surface area (Å²) in [6.07, 6.45) is -0.106. The van der Waals surface area contributed by atoms with Gasteiger partial charge in [0.1, 0.15) is 17.9 Å². The lowest BCUT2D eigenvalue weighted by atomic mass is 9.87. The van der Waals surface area contributed by atoms with Gasteiger partial charge in [-0.3, -0.25) is 0 Å². The fourth-order valence-electron chi connectivity index (χ4n) is 5.41. The predicted octanol–water partition coefficient (Wildman–Crippen LogP) is 3.61. The van der Waals surface area contributed by atoms with E-state index in [4.69, 9.17) is 30.4 Å². The van der Waals surface area contributed by atoms with Gasteiger partial charge in [-0.25, -0.2) is 9.50 Å². The van der Waals surface area contributed by atoms with Crippen molar-refractivity contribution in [2.75, 3.05) is 18.1 Å². The van der Waals surface area contributed by atoms with Gasteiger partial charge < -0.3 is 35.5 Å². The smallest absolute Gasteiger partial charge is 0.244 e. The third kappa shape index (κ3) is 5.68. The third-order valence-electron chi connectivity index (χ3n) is 7.67. The molecule has 1 unspecified atom stereocenters. The number of fused-ring (bicyclic) bond motifs is 1. The number of aromatic nitrogens is 4. The number of hydrogen-bond acceptors (Lipinski definition) is 10. The van der Waals surface area contributed by atoms with E-state index in [1.807, 2.05) is 91.0 Å². The van der Waals surface area contributed by atoms with Crippen LogP contribution in [-0.4, -0.2) is 49.1 Å². The van der Waals surface area contributed by atoms with Crippen LogP contribution in [-0.2, 0) is 44.6 Å². The molecular weight excluding hydrogens is 548 g/mol. The monoisotopic (exact) mass is 582 g/mol. The number of nitrogens with zero attached hydrogens (tertiary/aromatic N) is 4. The van der Waals surface area contributed by atoms with Gasteiger partial charge in [-0.05, 0) is 23.6 Å². The number of nitrogen functional groups attached to an aromatic ring is 2. The van der Waals surface area contributed by atoms with Gasteiger partial charge in [-0.2, -0.15) is 4.98 Å². The number of rotatable bonds is 11. The van der Waals surface area contributed by atoms with Crippen LogP contribution in [0.15, 0.2) is 97.2 Å². The van der Waals surface area contributed by atoms with Crippen LogP contribution >= 0.6 is 0 Å². The van der Waals surface area contributed by atoms with E-state index < -0.39 is 23.6 Å².